The standard InChI is InChI=1S/C11H15N3O2/c1-7(2)8-6-14-10(16-4)5-9(15-3)13-11(14)12-8/h5-7H,1-4H3. The Bertz CT molecular complexity index is 505. The van der Waals surface area contributed by atoms with E-state index in [-0.39, 0.29) is 0 Å². The van der Waals surface area contributed by atoms with Crippen molar-refractivity contribution in [1.29, 1.82) is 0 Å². The molecule has 0 saturated heterocycles. The van der Waals surface area contributed by atoms with Gasteiger partial charge in [-0.1, -0.05) is 13.8 Å². The second-order valence-electron chi connectivity index (χ2n) is 3.83. The van der Waals surface area contributed by atoms with Crippen molar-refractivity contribution in [3.63, 3.8) is 0 Å². The van der Waals surface area contributed by atoms with E-state index in [1.54, 1.807) is 20.3 Å². The first-order valence-electron chi connectivity index (χ1n) is 5.13. The van der Waals surface area contributed by atoms with Gasteiger partial charge in [0.2, 0.25) is 17.5 Å². The lowest BCUT2D eigenvalue weighted by Crippen LogP contribution is -1.97. The molecule has 5 heteroatoms. The molecule has 0 aromatic carbocycles. The van der Waals surface area contributed by atoms with Crippen LogP contribution < -0.4 is 9.47 Å². The van der Waals surface area contributed by atoms with Gasteiger partial charge in [-0.15, -0.1) is 0 Å². The highest BCUT2D eigenvalue weighted by atomic mass is 16.5. The van der Waals surface area contributed by atoms with Crippen molar-refractivity contribution >= 4 is 5.78 Å². The van der Waals surface area contributed by atoms with Gasteiger partial charge < -0.3 is 9.47 Å². The second-order valence-corrected chi connectivity index (χ2v) is 3.83. The molecule has 2 aromatic rings. The molecule has 86 valence electrons. The largest absolute Gasteiger partial charge is 0.482 e. The van der Waals surface area contributed by atoms with Crippen molar-refractivity contribution in [1.82, 2.24) is 14.4 Å². The lowest BCUT2D eigenvalue weighted by Gasteiger charge is -2.04. The Kier molecular flexibility index (Phi) is 2.68. The van der Waals surface area contributed by atoms with E-state index in [0.717, 1.165) is 5.69 Å². The second kappa shape index (κ2) is 4.00. The Hall–Kier alpha value is -1.78. The molecule has 2 aromatic heterocycles. The van der Waals surface area contributed by atoms with E-state index in [1.807, 2.05) is 10.6 Å². The lowest BCUT2D eigenvalue weighted by molar-refractivity contribution is 0.369. The molecule has 0 bridgehead atoms. The zero-order valence-corrected chi connectivity index (χ0v) is 9.89. The van der Waals surface area contributed by atoms with Gasteiger partial charge in [-0.25, -0.2) is 4.98 Å². The summed E-state index contributed by atoms with van der Waals surface area (Å²) >= 11 is 0. The zero-order valence-electron chi connectivity index (χ0n) is 9.89. The molecular weight excluding hydrogens is 206 g/mol. The smallest absolute Gasteiger partial charge is 0.240 e. The summed E-state index contributed by atoms with van der Waals surface area (Å²) in [5.74, 6) is 2.13. The summed E-state index contributed by atoms with van der Waals surface area (Å²) in [6, 6.07) is 1.73. The normalized spacial score (nSPS) is 11.1. The summed E-state index contributed by atoms with van der Waals surface area (Å²) in [5, 5.41) is 0. The van der Waals surface area contributed by atoms with Crippen LogP contribution in [0.2, 0.25) is 0 Å². The maximum atomic E-state index is 5.27. The number of nitrogens with zero attached hydrogens (tertiary/aromatic N) is 3. The van der Waals surface area contributed by atoms with E-state index in [9.17, 15) is 0 Å². The van der Waals surface area contributed by atoms with Crippen molar-refractivity contribution < 1.29 is 9.47 Å². The number of ether oxygens (including phenoxy) is 2. The van der Waals surface area contributed by atoms with E-state index in [1.165, 1.54) is 0 Å². The molecule has 0 saturated carbocycles. The van der Waals surface area contributed by atoms with Crippen LogP contribution in [0.5, 0.6) is 11.8 Å². The Morgan fingerprint density at radius 3 is 2.50 bits per heavy atom. The highest BCUT2D eigenvalue weighted by Crippen LogP contribution is 2.22. The highest BCUT2D eigenvalue weighted by molar-refractivity contribution is 5.40. The molecule has 0 N–H and O–H groups in total. The van der Waals surface area contributed by atoms with Crippen molar-refractivity contribution in [3.8, 4) is 11.8 Å². The van der Waals surface area contributed by atoms with Crippen molar-refractivity contribution in [3.05, 3.63) is 18.0 Å². The van der Waals surface area contributed by atoms with Crippen LogP contribution in [0.4, 0.5) is 0 Å². The molecule has 0 atom stereocenters. The number of aromatic nitrogens is 3. The van der Waals surface area contributed by atoms with E-state index >= 15 is 0 Å². The Morgan fingerprint density at radius 2 is 1.94 bits per heavy atom. The minimum atomic E-state index is 0.359. The molecule has 0 aliphatic rings. The Morgan fingerprint density at radius 1 is 1.19 bits per heavy atom. The highest BCUT2D eigenvalue weighted by Gasteiger charge is 2.11. The fraction of sp³-hybridized carbons (Fsp3) is 0.455. The first-order chi connectivity index (χ1) is 7.65. The van der Waals surface area contributed by atoms with Crippen LogP contribution in [0.15, 0.2) is 12.3 Å². The predicted molar refractivity (Wildman–Crippen MR) is 60.2 cm³/mol. The van der Waals surface area contributed by atoms with Gasteiger partial charge in [0.25, 0.3) is 0 Å². The maximum Gasteiger partial charge on any atom is 0.240 e. The molecule has 0 amide bonds. The zero-order chi connectivity index (χ0) is 11.7. The van der Waals surface area contributed by atoms with Gasteiger partial charge in [0.1, 0.15) is 0 Å². The molecule has 0 spiro atoms. The molecule has 16 heavy (non-hydrogen) atoms. The third-order valence-corrected chi connectivity index (χ3v) is 2.41. The fourth-order valence-electron chi connectivity index (χ4n) is 1.48. The number of fused-ring (bicyclic) bond motifs is 1. The molecule has 2 heterocycles. The van der Waals surface area contributed by atoms with E-state index in [4.69, 9.17) is 9.47 Å². The van der Waals surface area contributed by atoms with Crippen LogP contribution in [0.25, 0.3) is 5.78 Å². The van der Waals surface area contributed by atoms with Gasteiger partial charge in [-0.3, -0.25) is 4.40 Å². The van der Waals surface area contributed by atoms with Crippen LogP contribution in [-0.2, 0) is 0 Å². The molecule has 0 fully saturated rings. The predicted octanol–water partition coefficient (Wildman–Crippen LogP) is 1.87. The van der Waals surface area contributed by atoms with Crippen LogP contribution in [-0.4, -0.2) is 28.6 Å². The molecule has 0 aliphatic heterocycles. The average molecular weight is 221 g/mol. The Balaban J connectivity index is 2.65. The molecule has 5 nitrogen and oxygen atoms in total. The summed E-state index contributed by atoms with van der Waals surface area (Å²) in [7, 11) is 3.19. The summed E-state index contributed by atoms with van der Waals surface area (Å²) in [4.78, 5) is 8.68. The number of methoxy groups -OCH3 is 2. The van der Waals surface area contributed by atoms with E-state index < -0.39 is 0 Å². The summed E-state index contributed by atoms with van der Waals surface area (Å²) in [5.41, 5.74) is 0.985. The SMILES string of the molecule is COc1cc(OC)n2cc(C(C)C)nc2n1. The van der Waals surface area contributed by atoms with Gasteiger partial charge in [-0.05, 0) is 5.92 Å². The first-order valence-corrected chi connectivity index (χ1v) is 5.13. The minimum Gasteiger partial charge on any atom is -0.482 e. The number of hydrogen-bond donors (Lipinski definition) is 0. The Labute approximate surface area is 94.0 Å². The van der Waals surface area contributed by atoms with Crippen LogP contribution in [0.1, 0.15) is 25.5 Å². The van der Waals surface area contributed by atoms with Crippen LogP contribution in [0.3, 0.4) is 0 Å². The molecule has 0 aliphatic carbocycles. The van der Waals surface area contributed by atoms with Crippen molar-refractivity contribution in [2.45, 2.75) is 19.8 Å². The average Bonchev–Trinajstić information content (AvgIpc) is 2.71. The van der Waals surface area contributed by atoms with Crippen molar-refractivity contribution in [2.75, 3.05) is 14.2 Å². The third-order valence-electron chi connectivity index (χ3n) is 2.41. The number of imidazole rings is 1. The molecule has 0 radical (unpaired) electrons. The minimum absolute atomic E-state index is 0.359. The third kappa shape index (κ3) is 1.68. The van der Waals surface area contributed by atoms with E-state index in [2.05, 4.69) is 23.8 Å². The number of rotatable bonds is 3. The maximum absolute atomic E-state index is 5.27. The van der Waals surface area contributed by atoms with Gasteiger partial charge >= 0.3 is 0 Å². The van der Waals surface area contributed by atoms with Gasteiger partial charge in [0.15, 0.2) is 0 Å². The molecule has 0 unspecified atom stereocenters. The number of hydrogen-bond acceptors (Lipinski definition) is 4. The van der Waals surface area contributed by atoms with Gasteiger partial charge in [0.05, 0.1) is 26.0 Å². The van der Waals surface area contributed by atoms with Gasteiger partial charge in [0, 0.05) is 6.20 Å². The quantitative estimate of drug-likeness (QED) is 0.793. The van der Waals surface area contributed by atoms with E-state index in [0.29, 0.717) is 23.5 Å². The van der Waals surface area contributed by atoms with Crippen LogP contribution in [0, 0.1) is 0 Å². The topological polar surface area (TPSA) is 48.7 Å². The van der Waals surface area contributed by atoms with Gasteiger partial charge in [-0.2, -0.15) is 4.98 Å². The summed E-state index contributed by atoms with van der Waals surface area (Å²) < 4.78 is 12.2. The molecule has 2 rings (SSSR count). The lowest BCUT2D eigenvalue weighted by atomic mass is 10.2. The molecular formula is C11H15N3O2. The first kappa shape index (κ1) is 10.7. The summed E-state index contributed by atoms with van der Waals surface area (Å²) in [6.07, 6.45) is 1.94. The van der Waals surface area contributed by atoms with Crippen molar-refractivity contribution in [2.24, 2.45) is 0 Å². The summed E-state index contributed by atoms with van der Waals surface area (Å²) in [6.45, 7) is 4.18. The van der Waals surface area contributed by atoms with Crippen LogP contribution >= 0.6 is 0 Å². The monoisotopic (exact) mass is 221 g/mol. The fourth-order valence-corrected chi connectivity index (χ4v) is 1.48.